The smallest absolute Gasteiger partial charge is 0.324 e. The third-order valence-electron chi connectivity index (χ3n) is 5.89. The van der Waals surface area contributed by atoms with Crippen LogP contribution in [0.2, 0.25) is 0 Å². The second-order valence-corrected chi connectivity index (χ2v) is 10.8. The maximum Gasteiger partial charge on any atom is 0.324 e. The molecule has 2 N–H and O–H groups in total. The van der Waals surface area contributed by atoms with Gasteiger partial charge in [0.1, 0.15) is 13.1 Å². The Bertz CT molecular complexity index is 1030. The number of halogens is 1. The molecule has 1 aliphatic heterocycles. The molecule has 1 aromatic carbocycles. The Kier molecular flexibility index (Phi) is 8.47. The molecule has 0 bridgehead atoms. The minimum Gasteiger partial charge on any atom is -0.490 e. The van der Waals surface area contributed by atoms with Crippen LogP contribution >= 0.6 is 0 Å². The summed E-state index contributed by atoms with van der Waals surface area (Å²) in [6.45, 7) is 1.53. The minimum atomic E-state index is -3.95. The fraction of sp³-hybridized carbons (Fsp3) is 0.591. The number of rotatable bonds is 14. The van der Waals surface area contributed by atoms with Gasteiger partial charge >= 0.3 is 12.0 Å². The number of ether oxygens (including phenoxy) is 1. The van der Waals surface area contributed by atoms with Crippen LogP contribution in [-0.2, 0) is 19.6 Å². The van der Waals surface area contributed by atoms with Crippen LogP contribution in [0.4, 0.5) is 9.18 Å². The van der Waals surface area contributed by atoms with Crippen LogP contribution in [0.25, 0.3) is 0 Å². The summed E-state index contributed by atoms with van der Waals surface area (Å²) >= 11 is 0. The van der Waals surface area contributed by atoms with Crippen LogP contribution in [-0.4, -0.2) is 72.6 Å². The van der Waals surface area contributed by atoms with E-state index in [0.717, 1.165) is 17.1 Å². The predicted octanol–water partition coefficient (Wildman–Crippen LogP) is 2.11. The van der Waals surface area contributed by atoms with Crippen molar-refractivity contribution in [1.82, 2.24) is 14.5 Å². The molecule has 0 radical (unpaired) electrons. The number of nitrogens with zero attached hydrogens (tertiary/aromatic N) is 2. The van der Waals surface area contributed by atoms with Gasteiger partial charge in [0, 0.05) is 12.6 Å². The van der Waals surface area contributed by atoms with E-state index in [1.165, 1.54) is 23.1 Å². The van der Waals surface area contributed by atoms with Crippen LogP contribution in [0.3, 0.4) is 0 Å². The van der Waals surface area contributed by atoms with Crippen LogP contribution in [0.15, 0.2) is 18.2 Å². The topological polar surface area (TPSA) is 133 Å². The molecule has 34 heavy (non-hydrogen) atoms. The number of carbonyl (C=O) groups excluding carboxylic acids is 2. The maximum absolute atomic E-state index is 14.1. The molecule has 2 aliphatic rings. The summed E-state index contributed by atoms with van der Waals surface area (Å²) in [4.78, 5) is 35.5. The maximum atomic E-state index is 14.1. The first kappa shape index (κ1) is 25.9. The number of hydrogen-bond acceptors (Lipinski definition) is 6. The zero-order valence-electron chi connectivity index (χ0n) is 19.0. The van der Waals surface area contributed by atoms with Crippen molar-refractivity contribution in [2.45, 2.75) is 45.1 Å². The number of carboxylic acid groups (broad SMARTS) is 1. The SMILES string of the molecule is C[C@H](c1ccc(F)c(OCC2CC2)c1)N(CC(=O)O)S(=O)(=O)CCCCCN1CC(=O)NC1=O. The van der Waals surface area contributed by atoms with E-state index in [0.29, 0.717) is 37.5 Å². The monoisotopic (exact) mass is 499 g/mol. The van der Waals surface area contributed by atoms with Crippen molar-refractivity contribution >= 4 is 27.9 Å². The van der Waals surface area contributed by atoms with E-state index in [1.807, 2.05) is 0 Å². The molecule has 10 nitrogen and oxygen atoms in total. The molecule has 1 saturated carbocycles. The fourth-order valence-electron chi connectivity index (χ4n) is 3.70. The molecule has 1 aliphatic carbocycles. The van der Waals surface area contributed by atoms with Crippen LogP contribution in [0, 0.1) is 11.7 Å². The Morgan fingerprint density at radius 2 is 2.03 bits per heavy atom. The van der Waals surface area contributed by atoms with Gasteiger partial charge in [-0.25, -0.2) is 17.6 Å². The van der Waals surface area contributed by atoms with E-state index in [9.17, 15) is 32.3 Å². The van der Waals surface area contributed by atoms with Gasteiger partial charge in [-0.05, 0) is 56.2 Å². The van der Waals surface area contributed by atoms with Gasteiger partial charge < -0.3 is 14.7 Å². The lowest BCUT2D eigenvalue weighted by Gasteiger charge is -2.27. The summed E-state index contributed by atoms with van der Waals surface area (Å²) in [6, 6.07) is 2.74. The molecule has 0 unspecified atom stereocenters. The summed E-state index contributed by atoms with van der Waals surface area (Å²) in [7, 11) is -3.95. The minimum absolute atomic E-state index is 0.00886. The van der Waals surface area contributed by atoms with E-state index in [-0.39, 0.29) is 30.4 Å². The Labute approximate surface area is 198 Å². The van der Waals surface area contributed by atoms with E-state index >= 15 is 0 Å². The first-order chi connectivity index (χ1) is 16.1. The van der Waals surface area contributed by atoms with Crippen LogP contribution in [0.5, 0.6) is 5.75 Å². The van der Waals surface area contributed by atoms with Gasteiger partial charge in [0.15, 0.2) is 11.6 Å². The summed E-state index contributed by atoms with van der Waals surface area (Å²) in [5.74, 6) is -2.07. The van der Waals surface area contributed by atoms with Gasteiger partial charge in [0.2, 0.25) is 15.9 Å². The first-order valence-corrected chi connectivity index (χ1v) is 12.9. The van der Waals surface area contributed by atoms with Gasteiger partial charge in [-0.1, -0.05) is 12.5 Å². The highest BCUT2D eigenvalue weighted by Crippen LogP contribution is 2.32. The molecule has 0 aromatic heterocycles. The normalized spacial score (nSPS) is 17.2. The second-order valence-electron chi connectivity index (χ2n) is 8.71. The number of benzene rings is 1. The number of sulfonamides is 1. The molecule has 1 aromatic rings. The molecular formula is C22H30FN3O7S. The lowest BCUT2D eigenvalue weighted by molar-refractivity contribution is -0.137. The quantitative estimate of drug-likeness (QED) is 0.296. The first-order valence-electron chi connectivity index (χ1n) is 11.3. The second kappa shape index (κ2) is 11.1. The molecule has 2 fully saturated rings. The van der Waals surface area contributed by atoms with E-state index < -0.39 is 40.4 Å². The van der Waals surface area contributed by atoms with Crippen molar-refractivity contribution in [3.8, 4) is 5.75 Å². The lowest BCUT2D eigenvalue weighted by Crippen LogP contribution is -2.39. The Morgan fingerprint density at radius 3 is 2.65 bits per heavy atom. The number of urea groups is 1. The summed E-state index contributed by atoms with van der Waals surface area (Å²) in [5, 5.41) is 11.5. The highest BCUT2D eigenvalue weighted by atomic mass is 32.2. The van der Waals surface area contributed by atoms with Crippen molar-refractivity contribution in [2.75, 3.05) is 32.0 Å². The van der Waals surface area contributed by atoms with Crippen LogP contribution < -0.4 is 10.1 Å². The molecule has 1 heterocycles. The van der Waals surface area contributed by atoms with Crippen molar-refractivity contribution < 1.29 is 37.0 Å². The average molecular weight is 500 g/mol. The van der Waals surface area contributed by atoms with E-state index in [1.54, 1.807) is 6.92 Å². The predicted molar refractivity (Wildman–Crippen MR) is 120 cm³/mol. The summed E-state index contributed by atoms with van der Waals surface area (Å²) < 4.78 is 46.6. The van der Waals surface area contributed by atoms with Crippen molar-refractivity contribution in [1.29, 1.82) is 0 Å². The zero-order valence-corrected chi connectivity index (χ0v) is 19.9. The summed E-state index contributed by atoms with van der Waals surface area (Å²) in [6.07, 6.45) is 3.30. The van der Waals surface area contributed by atoms with Gasteiger partial charge in [0.25, 0.3) is 0 Å². The highest BCUT2D eigenvalue weighted by Gasteiger charge is 2.31. The molecule has 12 heteroatoms. The molecule has 3 amide bonds. The van der Waals surface area contributed by atoms with Crippen molar-refractivity contribution in [2.24, 2.45) is 5.92 Å². The van der Waals surface area contributed by atoms with Gasteiger partial charge in [-0.2, -0.15) is 4.31 Å². The van der Waals surface area contributed by atoms with Crippen molar-refractivity contribution in [3.63, 3.8) is 0 Å². The number of nitrogens with one attached hydrogen (secondary N) is 1. The number of hydrogen-bond donors (Lipinski definition) is 2. The molecule has 3 rings (SSSR count). The van der Waals surface area contributed by atoms with Crippen molar-refractivity contribution in [3.05, 3.63) is 29.6 Å². The molecule has 188 valence electrons. The van der Waals surface area contributed by atoms with Gasteiger partial charge in [-0.3, -0.25) is 14.9 Å². The van der Waals surface area contributed by atoms with Gasteiger partial charge in [0.05, 0.1) is 12.4 Å². The Balaban J connectivity index is 1.60. The number of unbranched alkanes of at least 4 members (excludes halogenated alkanes) is 2. The third kappa shape index (κ3) is 7.13. The number of imide groups is 1. The molecule has 1 atom stereocenters. The standard InChI is InChI=1S/C22H30FN3O7S/c1-15(17-7-8-18(23)19(11-17)33-14-16-5-6-16)26(13-21(28)29)34(31,32)10-4-2-3-9-25-12-20(27)24-22(25)30/h7-8,11,15-16H,2-6,9-10,12-14H2,1H3,(H,28,29)(H,24,27,30)/t15-/m1/s1. The number of carbonyl (C=O) groups is 3. The third-order valence-corrected chi connectivity index (χ3v) is 7.85. The number of carboxylic acids is 1. The Hall–Kier alpha value is -2.73. The Morgan fingerprint density at radius 1 is 1.29 bits per heavy atom. The van der Waals surface area contributed by atoms with Gasteiger partial charge in [-0.15, -0.1) is 0 Å². The highest BCUT2D eigenvalue weighted by molar-refractivity contribution is 7.89. The molecule has 1 saturated heterocycles. The average Bonchev–Trinajstić information content (AvgIpc) is 3.54. The molecular weight excluding hydrogens is 469 g/mol. The van der Waals surface area contributed by atoms with E-state index in [4.69, 9.17) is 4.74 Å². The molecule has 0 spiro atoms. The zero-order chi connectivity index (χ0) is 24.9. The van der Waals surface area contributed by atoms with E-state index in [2.05, 4.69) is 5.32 Å². The van der Waals surface area contributed by atoms with Crippen LogP contribution in [0.1, 0.15) is 50.6 Å². The fourth-order valence-corrected chi connectivity index (χ4v) is 5.42. The number of amides is 3. The largest absolute Gasteiger partial charge is 0.490 e. The lowest BCUT2D eigenvalue weighted by atomic mass is 10.1. The number of aliphatic carboxylic acids is 1. The summed E-state index contributed by atoms with van der Waals surface area (Å²) in [5.41, 5.74) is 0.432.